The summed E-state index contributed by atoms with van der Waals surface area (Å²) >= 11 is 0. The third-order valence-corrected chi connectivity index (χ3v) is 8.50. The molecule has 1 amide bonds. The van der Waals surface area contributed by atoms with Crippen LogP contribution in [0.15, 0.2) is 55.1 Å². The zero-order chi connectivity index (χ0) is 30.1. The van der Waals surface area contributed by atoms with E-state index in [2.05, 4.69) is 20.4 Å². The number of nitrogens with one attached hydrogen (secondary N) is 1. The molecule has 2 aromatic carbocycles. The summed E-state index contributed by atoms with van der Waals surface area (Å²) < 4.78 is 94.9. The molecule has 5 rings (SSSR count). The summed E-state index contributed by atoms with van der Waals surface area (Å²) in [5.74, 6) is -0.410. The molecule has 1 aliphatic carbocycles. The Hall–Kier alpha value is -3.48. The average Bonchev–Trinajstić information content (AvgIpc) is 3.62. The highest BCUT2D eigenvalue weighted by molar-refractivity contribution is 5.83. The van der Waals surface area contributed by atoms with Gasteiger partial charge in [0.1, 0.15) is 18.5 Å². The van der Waals surface area contributed by atoms with Gasteiger partial charge in [0.05, 0.1) is 16.5 Å². The van der Waals surface area contributed by atoms with Crippen molar-refractivity contribution in [1.82, 2.24) is 25.0 Å². The molecule has 2 aliphatic rings. The molecule has 2 unspecified atom stereocenters. The Kier molecular flexibility index (Phi) is 8.32. The third-order valence-electron chi connectivity index (χ3n) is 8.50. The van der Waals surface area contributed by atoms with Crippen molar-refractivity contribution in [2.24, 2.45) is 5.41 Å². The number of aromatic nitrogens is 3. The van der Waals surface area contributed by atoms with E-state index in [1.807, 2.05) is 12.1 Å². The van der Waals surface area contributed by atoms with Gasteiger partial charge in [-0.15, -0.1) is 10.2 Å². The summed E-state index contributed by atoms with van der Waals surface area (Å²) in [6, 6.07) is 7.94. The number of carbonyl (C=O) groups excluding carboxylic acids is 1. The largest absolute Gasteiger partial charge is 0.416 e. The molecule has 0 bridgehead atoms. The fourth-order valence-corrected chi connectivity index (χ4v) is 6.31. The Morgan fingerprint density at radius 1 is 0.905 bits per heavy atom. The van der Waals surface area contributed by atoms with Crippen LogP contribution in [0.25, 0.3) is 0 Å². The van der Waals surface area contributed by atoms with Gasteiger partial charge in [-0.2, -0.15) is 26.3 Å². The molecule has 1 saturated carbocycles. The SMILES string of the molecule is O=C(NCc1cc(C(F)(F)F)cc(C(F)(F)F)c1)C1(Cn2cnnc2)CCC(N2CCC(c3ccc(F)cc3)CC2)C1. The van der Waals surface area contributed by atoms with Crippen LogP contribution in [-0.2, 0) is 30.2 Å². The fraction of sp³-hybridized carbons (Fsp3) is 0.483. The molecule has 1 aromatic heterocycles. The summed E-state index contributed by atoms with van der Waals surface area (Å²) in [6.07, 6.45) is -3.59. The quantitative estimate of drug-likeness (QED) is 0.330. The molecule has 2 atom stereocenters. The van der Waals surface area contributed by atoms with Crippen molar-refractivity contribution in [2.45, 2.75) is 69.5 Å². The standard InChI is InChI=1S/C29H30F7N5O/c30-24-3-1-20(2-4-24)21-6-9-41(10-7-21)25-5-8-27(14-25,16-40-17-38-39-18-40)26(42)37-15-19-11-22(28(31,32)33)13-23(12-19)29(34,35)36/h1-4,11-13,17-18,21,25H,5-10,14-16H2,(H,37,42). The van der Waals surface area contributed by atoms with Crippen molar-refractivity contribution in [3.05, 3.63) is 83.2 Å². The molecule has 0 spiro atoms. The number of alkyl halides is 6. The average molecular weight is 598 g/mol. The second-order valence-electron chi connectivity index (χ2n) is 11.3. The van der Waals surface area contributed by atoms with Crippen molar-refractivity contribution >= 4 is 5.91 Å². The predicted molar refractivity (Wildman–Crippen MR) is 138 cm³/mol. The van der Waals surface area contributed by atoms with Crippen LogP contribution >= 0.6 is 0 Å². The summed E-state index contributed by atoms with van der Waals surface area (Å²) in [4.78, 5) is 16.0. The molecule has 1 N–H and O–H groups in total. The molecule has 2 heterocycles. The zero-order valence-corrected chi connectivity index (χ0v) is 22.6. The maximum absolute atomic E-state index is 13.7. The van der Waals surface area contributed by atoms with Crippen LogP contribution in [0, 0.1) is 11.2 Å². The van der Waals surface area contributed by atoms with Gasteiger partial charge in [0.15, 0.2) is 0 Å². The van der Waals surface area contributed by atoms with Crippen LogP contribution in [0.1, 0.15) is 60.3 Å². The van der Waals surface area contributed by atoms with Gasteiger partial charge in [-0.05, 0) is 92.6 Å². The summed E-state index contributed by atoms with van der Waals surface area (Å²) in [7, 11) is 0. The van der Waals surface area contributed by atoms with Gasteiger partial charge in [-0.1, -0.05) is 12.1 Å². The number of likely N-dealkylation sites (tertiary alicyclic amines) is 1. The fourth-order valence-electron chi connectivity index (χ4n) is 6.31. The van der Waals surface area contributed by atoms with Gasteiger partial charge >= 0.3 is 12.4 Å². The van der Waals surface area contributed by atoms with E-state index in [0.29, 0.717) is 37.3 Å². The van der Waals surface area contributed by atoms with Crippen LogP contribution < -0.4 is 5.32 Å². The first kappa shape index (κ1) is 30.0. The Morgan fingerprint density at radius 3 is 2.07 bits per heavy atom. The van der Waals surface area contributed by atoms with Gasteiger partial charge < -0.3 is 14.8 Å². The highest BCUT2D eigenvalue weighted by Crippen LogP contribution is 2.44. The molecule has 6 nitrogen and oxygen atoms in total. The van der Waals surface area contributed by atoms with E-state index in [0.717, 1.165) is 31.5 Å². The molecular formula is C29H30F7N5O. The lowest BCUT2D eigenvalue weighted by Gasteiger charge is -2.37. The molecule has 226 valence electrons. The lowest BCUT2D eigenvalue weighted by atomic mass is 9.83. The first-order valence-corrected chi connectivity index (χ1v) is 13.7. The van der Waals surface area contributed by atoms with E-state index in [1.54, 1.807) is 4.57 Å². The molecule has 1 aliphatic heterocycles. The van der Waals surface area contributed by atoms with E-state index < -0.39 is 41.3 Å². The second kappa shape index (κ2) is 11.7. The summed E-state index contributed by atoms with van der Waals surface area (Å²) in [5.41, 5.74) is -3.00. The van der Waals surface area contributed by atoms with Gasteiger partial charge in [-0.3, -0.25) is 4.79 Å². The maximum atomic E-state index is 13.7. The van der Waals surface area contributed by atoms with E-state index >= 15 is 0 Å². The Balaban J connectivity index is 1.29. The van der Waals surface area contributed by atoms with Crippen molar-refractivity contribution in [3.63, 3.8) is 0 Å². The molecule has 1 saturated heterocycles. The molecule has 2 fully saturated rings. The third kappa shape index (κ3) is 6.77. The molecule has 0 radical (unpaired) electrons. The van der Waals surface area contributed by atoms with Crippen LogP contribution in [0.4, 0.5) is 30.7 Å². The van der Waals surface area contributed by atoms with E-state index in [4.69, 9.17) is 0 Å². The topological polar surface area (TPSA) is 63.1 Å². The number of benzene rings is 2. The van der Waals surface area contributed by atoms with Crippen molar-refractivity contribution < 1.29 is 35.5 Å². The van der Waals surface area contributed by atoms with Crippen molar-refractivity contribution in [2.75, 3.05) is 13.1 Å². The maximum Gasteiger partial charge on any atom is 0.416 e. The number of nitrogens with zero attached hydrogens (tertiary/aromatic N) is 4. The van der Waals surface area contributed by atoms with Gasteiger partial charge in [-0.25, -0.2) is 4.39 Å². The molecule has 13 heteroatoms. The number of amides is 1. The summed E-state index contributed by atoms with van der Waals surface area (Å²) in [5, 5.41) is 10.2. The number of halogens is 7. The van der Waals surface area contributed by atoms with Gasteiger partial charge in [0.25, 0.3) is 0 Å². The number of rotatable bonds is 7. The van der Waals surface area contributed by atoms with Crippen LogP contribution in [0.2, 0.25) is 0 Å². The highest BCUT2D eigenvalue weighted by atomic mass is 19.4. The minimum absolute atomic E-state index is 0.0691. The normalized spacial score (nSPS) is 22.4. The van der Waals surface area contributed by atoms with Crippen molar-refractivity contribution in [1.29, 1.82) is 0 Å². The van der Waals surface area contributed by atoms with E-state index in [1.165, 1.54) is 24.8 Å². The molecule has 42 heavy (non-hydrogen) atoms. The van der Waals surface area contributed by atoms with Gasteiger partial charge in [0.2, 0.25) is 5.91 Å². The molecule has 3 aromatic rings. The highest BCUT2D eigenvalue weighted by Gasteiger charge is 2.47. The first-order chi connectivity index (χ1) is 19.8. The van der Waals surface area contributed by atoms with E-state index in [-0.39, 0.29) is 30.0 Å². The zero-order valence-electron chi connectivity index (χ0n) is 22.6. The van der Waals surface area contributed by atoms with Crippen LogP contribution in [-0.4, -0.2) is 44.7 Å². The Morgan fingerprint density at radius 2 is 1.50 bits per heavy atom. The minimum Gasteiger partial charge on any atom is -0.351 e. The number of carbonyl (C=O) groups is 1. The lowest BCUT2D eigenvalue weighted by Crippen LogP contribution is -2.45. The monoisotopic (exact) mass is 597 g/mol. The van der Waals surface area contributed by atoms with Gasteiger partial charge in [0, 0.05) is 19.1 Å². The molecular weight excluding hydrogens is 567 g/mol. The lowest BCUT2D eigenvalue weighted by molar-refractivity contribution is -0.143. The Bertz CT molecular complexity index is 1330. The van der Waals surface area contributed by atoms with Crippen molar-refractivity contribution in [3.8, 4) is 0 Å². The Labute approximate surface area is 237 Å². The van der Waals surface area contributed by atoms with Crippen LogP contribution in [0.5, 0.6) is 0 Å². The smallest absolute Gasteiger partial charge is 0.351 e. The summed E-state index contributed by atoms with van der Waals surface area (Å²) in [6.45, 7) is 1.33. The number of hydrogen-bond donors (Lipinski definition) is 1. The number of piperidine rings is 1. The van der Waals surface area contributed by atoms with Crippen LogP contribution in [0.3, 0.4) is 0 Å². The second-order valence-corrected chi connectivity index (χ2v) is 11.3. The first-order valence-electron chi connectivity index (χ1n) is 13.7. The van der Waals surface area contributed by atoms with E-state index in [9.17, 15) is 35.5 Å². The minimum atomic E-state index is -4.97. The predicted octanol–water partition coefficient (Wildman–Crippen LogP) is 6.19. The number of hydrogen-bond acceptors (Lipinski definition) is 4.